The molecule has 1 aliphatic heterocycles. The van der Waals surface area contributed by atoms with Crippen molar-refractivity contribution in [2.45, 2.75) is 71.6 Å². The molecule has 1 N–H and O–H groups in total. The average molecular weight is 438 g/mol. The predicted octanol–water partition coefficient (Wildman–Crippen LogP) is 5.10. The average Bonchev–Trinajstić information content (AvgIpc) is 3.20. The third kappa shape index (κ3) is 3.69. The van der Waals surface area contributed by atoms with E-state index in [-0.39, 0.29) is 46.3 Å². The Hall–Kier alpha value is -1.89. The zero-order chi connectivity index (χ0) is 22.4. The molecule has 0 radical (unpaired) electrons. The topological polar surface area (TPSA) is 56.8 Å². The number of methoxy groups -OCH3 is 1. The normalized spacial score (nSPS) is 33.3. The van der Waals surface area contributed by atoms with Crippen LogP contribution in [0.5, 0.6) is 11.5 Å². The van der Waals surface area contributed by atoms with Gasteiger partial charge in [-0.1, -0.05) is 26.8 Å². The molecule has 2 aliphatic carbocycles. The largest absolute Gasteiger partial charge is 0.493 e. The molecule has 1 saturated heterocycles. The number of carbonyl (C=O) groups excluding carboxylic acids is 1. The van der Waals surface area contributed by atoms with E-state index in [1.165, 1.54) is 7.11 Å². The molecule has 1 aromatic carbocycles. The van der Waals surface area contributed by atoms with Crippen LogP contribution < -0.4 is 14.8 Å². The van der Waals surface area contributed by atoms with Gasteiger partial charge in [0.15, 0.2) is 11.5 Å². The number of nitrogens with one attached hydrogen (secondary N) is 1. The summed E-state index contributed by atoms with van der Waals surface area (Å²) in [5, 5.41) is 3.38. The molecule has 5 atom stereocenters. The summed E-state index contributed by atoms with van der Waals surface area (Å²) in [6, 6.07) is 5.25. The molecule has 3 aliphatic rings. The number of alkyl halides is 2. The lowest BCUT2D eigenvalue weighted by Crippen LogP contribution is -2.58. The van der Waals surface area contributed by atoms with Gasteiger partial charge in [0.05, 0.1) is 13.2 Å². The fraction of sp³-hybridized carbons (Fsp3) is 0.708. The number of fused-ring (bicyclic) bond motifs is 1. The van der Waals surface area contributed by atoms with E-state index in [9.17, 15) is 13.6 Å². The van der Waals surface area contributed by atoms with Crippen molar-refractivity contribution in [2.75, 3.05) is 13.7 Å². The Balaban J connectivity index is 1.66. The van der Waals surface area contributed by atoms with E-state index < -0.39 is 6.61 Å². The van der Waals surface area contributed by atoms with Crippen LogP contribution in [0.25, 0.3) is 0 Å². The van der Waals surface area contributed by atoms with Gasteiger partial charge in [-0.15, -0.1) is 0 Å². The first-order valence-electron chi connectivity index (χ1n) is 11.3. The number of benzene rings is 1. The Bertz CT molecular complexity index is 830. The number of hydrogen-bond donors (Lipinski definition) is 1. The van der Waals surface area contributed by atoms with Crippen LogP contribution in [0.3, 0.4) is 0 Å². The highest BCUT2D eigenvalue weighted by Gasteiger charge is 2.68. The zero-order valence-electron chi connectivity index (χ0n) is 18.8. The number of amides is 1. The molecular formula is C24H33F2NO4. The zero-order valence-corrected chi connectivity index (χ0v) is 18.8. The molecule has 0 aromatic heterocycles. The minimum absolute atomic E-state index is 0.0195. The second-order valence-electron chi connectivity index (χ2n) is 9.88. The Morgan fingerprint density at radius 2 is 2.10 bits per heavy atom. The molecule has 31 heavy (non-hydrogen) atoms. The Labute approximate surface area is 182 Å². The Morgan fingerprint density at radius 1 is 1.32 bits per heavy atom. The molecular weight excluding hydrogens is 404 g/mol. The highest BCUT2D eigenvalue weighted by molar-refractivity contribution is 5.76. The van der Waals surface area contributed by atoms with E-state index in [1.54, 1.807) is 12.1 Å². The molecule has 4 rings (SSSR count). The van der Waals surface area contributed by atoms with Crippen molar-refractivity contribution in [3.8, 4) is 11.5 Å². The van der Waals surface area contributed by atoms with Gasteiger partial charge in [-0.25, -0.2) is 0 Å². The van der Waals surface area contributed by atoms with E-state index in [2.05, 4.69) is 19.2 Å². The summed E-state index contributed by atoms with van der Waals surface area (Å²) in [4.78, 5) is 12.6. The van der Waals surface area contributed by atoms with Crippen LogP contribution in [0.2, 0.25) is 0 Å². The standard InChI is InChI=1S/C24H33F2NO4/c1-5-6-19(28)27-21-23(2,3)15-12-16-20(30-10-9-24(16,21)13-15)14-7-8-17(29-4)18(11-14)31-22(25)26/h7-8,11,15-16,20-22H,5-6,9-10,12-13H2,1-4H3,(H,27,28)/t15-,16-,20-,21-,24-/m1/s1. The fourth-order valence-corrected chi connectivity index (χ4v) is 6.64. The molecule has 2 bridgehead atoms. The van der Waals surface area contributed by atoms with Gasteiger partial charge < -0.3 is 19.5 Å². The number of rotatable bonds is 7. The van der Waals surface area contributed by atoms with E-state index in [4.69, 9.17) is 14.2 Å². The number of hydrogen-bond acceptors (Lipinski definition) is 4. The second kappa shape index (κ2) is 8.23. The van der Waals surface area contributed by atoms with Crippen LogP contribution in [0.4, 0.5) is 8.78 Å². The quantitative estimate of drug-likeness (QED) is 0.645. The molecule has 172 valence electrons. The fourth-order valence-electron chi connectivity index (χ4n) is 6.64. The van der Waals surface area contributed by atoms with Crippen LogP contribution in [-0.4, -0.2) is 32.3 Å². The lowest BCUT2D eigenvalue weighted by atomic mass is 9.59. The first kappa shape index (κ1) is 22.3. The van der Waals surface area contributed by atoms with Gasteiger partial charge in [0.1, 0.15) is 0 Å². The van der Waals surface area contributed by atoms with Crippen molar-refractivity contribution >= 4 is 5.91 Å². The van der Waals surface area contributed by atoms with Gasteiger partial charge in [0.2, 0.25) is 5.91 Å². The summed E-state index contributed by atoms with van der Waals surface area (Å²) in [6.07, 6.45) is 4.12. The van der Waals surface area contributed by atoms with Crippen LogP contribution in [0, 0.1) is 22.7 Å². The molecule has 7 heteroatoms. The first-order valence-corrected chi connectivity index (χ1v) is 11.3. The third-order valence-electron chi connectivity index (χ3n) is 8.02. The molecule has 2 saturated carbocycles. The monoisotopic (exact) mass is 437 g/mol. The van der Waals surface area contributed by atoms with E-state index in [1.807, 2.05) is 13.0 Å². The van der Waals surface area contributed by atoms with Gasteiger partial charge in [0, 0.05) is 19.1 Å². The molecule has 3 fully saturated rings. The van der Waals surface area contributed by atoms with Crippen molar-refractivity contribution in [2.24, 2.45) is 22.7 Å². The van der Waals surface area contributed by atoms with Crippen molar-refractivity contribution < 1.29 is 27.8 Å². The van der Waals surface area contributed by atoms with Gasteiger partial charge >= 0.3 is 6.61 Å². The lowest BCUT2D eigenvalue weighted by Gasteiger charge is -2.53. The van der Waals surface area contributed by atoms with Crippen LogP contribution in [0.15, 0.2) is 18.2 Å². The van der Waals surface area contributed by atoms with E-state index in [0.29, 0.717) is 18.9 Å². The lowest BCUT2D eigenvalue weighted by molar-refractivity contribution is -0.137. The smallest absolute Gasteiger partial charge is 0.387 e. The maximum absolute atomic E-state index is 12.9. The highest BCUT2D eigenvalue weighted by Crippen LogP contribution is 2.70. The molecule has 0 unspecified atom stereocenters. The third-order valence-corrected chi connectivity index (χ3v) is 8.02. The van der Waals surface area contributed by atoms with Gasteiger partial charge in [-0.2, -0.15) is 8.78 Å². The SMILES string of the molecule is CCCC(=O)N[C@@H]1C(C)(C)[C@@H]2C[C@@H]3[C@@H](c4ccc(OC)c(OC(F)F)c4)OCC[C@@]31C2. The summed E-state index contributed by atoms with van der Waals surface area (Å²) >= 11 is 0. The molecule has 1 aromatic rings. The number of halogens is 2. The van der Waals surface area contributed by atoms with Crippen LogP contribution in [0.1, 0.15) is 64.5 Å². The summed E-state index contributed by atoms with van der Waals surface area (Å²) in [7, 11) is 1.43. The van der Waals surface area contributed by atoms with Crippen molar-refractivity contribution in [1.82, 2.24) is 5.32 Å². The maximum atomic E-state index is 12.9. The van der Waals surface area contributed by atoms with Gasteiger partial charge in [-0.05, 0) is 66.0 Å². The maximum Gasteiger partial charge on any atom is 0.387 e. The van der Waals surface area contributed by atoms with Crippen molar-refractivity contribution in [3.05, 3.63) is 23.8 Å². The molecule has 5 nitrogen and oxygen atoms in total. The van der Waals surface area contributed by atoms with E-state index >= 15 is 0 Å². The summed E-state index contributed by atoms with van der Waals surface area (Å²) in [5.74, 6) is 1.12. The minimum atomic E-state index is -2.93. The van der Waals surface area contributed by atoms with Gasteiger partial charge in [0.25, 0.3) is 0 Å². The number of carbonyl (C=O) groups is 1. The first-order chi connectivity index (χ1) is 14.7. The molecule has 1 spiro atoms. The van der Waals surface area contributed by atoms with Crippen LogP contribution >= 0.6 is 0 Å². The van der Waals surface area contributed by atoms with Crippen LogP contribution in [-0.2, 0) is 9.53 Å². The predicted molar refractivity (Wildman–Crippen MR) is 112 cm³/mol. The van der Waals surface area contributed by atoms with Crippen molar-refractivity contribution in [3.63, 3.8) is 0 Å². The minimum Gasteiger partial charge on any atom is -0.493 e. The summed E-state index contributed by atoms with van der Waals surface area (Å²) < 4.78 is 42.0. The number of ether oxygens (including phenoxy) is 3. The Morgan fingerprint density at radius 3 is 2.77 bits per heavy atom. The molecule has 1 amide bonds. The van der Waals surface area contributed by atoms with Crippen molar-refractivity contribution in [1.29, 1.82) is 0 Å². The van der Waals surface area contributed by atoms with E-state index in [0.717, 1.165) is 31.2 Å². The highest BCUT2D eigenvalue weighted by atomic mass is 19.3. The Kier molecular flexibility index (Phi) is 5.92. The second-order valence-corrected chi connectivity index (χ2v) is 9.88. The van der Waals surface area contributed by atoms with Gasteiger partial charge in [-0.3, -0.25) is 4.79 Å². The summed E-state index contributed by atoms with van der Waals surface area (Å²) in [6.45, 7) is 4.21. The summed E-state index contributed by atoms with van der Waals surface area (Å²) in [5.41, 5.74) is 0.806. The molecule has 1 heterocycles.